The topological polar surface area (TPSA) is 53.1 Å². The molecular formula is C17H22ClN5. The molecule has 0 saturated carbocycles. The van der Waals surface area contributed by atoms with Crippen molar-refractivity contribution < 1.29 is 0 Å². The lowest BCUT2D eigenvalue weighted by Gasteiger charge is -2.26. The van der Waals surface area contributed by atoms with Gasteiger partial charge < -0.3 is 15.5 Å². The van der Waals surface area contributed by atoms with Crippen molar-refractivity contribution in [2.75, 3.05) is 30.4 Å². The molecule has 0 amide bonds. The summed E-state index contributed by atoms with van der Waals surface area (Å²) in [6.07, 6.45) is 3.99. The predicted molar refractivity (Wildman–Crippen MR) is 95.1 cm³/mol. The molecule has 2 heterocycles. The summed E-state index contributed by atoms with van der Waals surface area (Å²) in [5.41, 5.74) is 1.14. The fourth-order valence-electron chi connectivity index (χ4n) is 3.01. The van der Waals surface area contributed by atoms with Crippen molar-refractivity contribution in [2.45, 2.75) is 25.4 Å². The van der Waals surface area contributed by atoms with E-state index in [0.29, 0.717) is 6.04 Å². The van der Waals surface area contributed by atoms with Crippen LogP contribution in [0.15, 0.2) is 36.7 Å². The molecule has 122 valence electrons. The molecule has 0 radical (unpaired) electrons. The van der Waals surface area contributed by atoms with Crippen LogP contribution in [0.4, 0.5) is 11.6 Å². The van der Waals surface area contributed by atoms with E-state index in [1.165, 1.54) is 12.8 Å². The van der Waals surface area contributed by atoms with Crippen molar-refractivity contribution >= 4 is 23.2 Å². The summed E-state index contributed by atoms with van der Waals surface area (Å²) in [4.78, 5) is 11.0. The molecule has 1 atom stereocenters. The molecule has 1 aliphatic rings. The van der Waals surface area contributed by atoms with E-state index in [4.69, 9.17) is 11.6 Å². The van der Waals surface area contributed by atoms with Crippen LogP contribution in [0.2, 0.25) is 5.02 Å². The van der Waals surface area contributed by atoms with Crippen molar-refractivity contribution in [3.05, 3.63) is 47.2 Å². The average Bonchev–Trinajstić information content (AvgIpc) is 3.05. The van der Waals surface area contributed by atoms with Gasteiger partial charge in [0.15, 0.2) is 0 Å². The largest absolute Gasteiger partial charge is 0.373 e. The third-order valence-electron chi connectivity index (χ3n) is 4.23. The minimum atomic E-state index is 0.456. The summed E-state index contributed by atoms with van der Waals surface area (Å²) in [6, 6.07) is 10.4. The van der Waals surface area contributed by atoms with E-state index >= 15 is 0 Å². The molecule has 2 N–H and O–H groups in total. The van der Waals surface area contributed by atoms with Crippen LogP contribution in [-0.2, 0) is 6.54 Å². The smallest absolute Gasteiger partial charge is 0.134 e. The Kier molecular flexibility index (Phi) is 5.31. The van der Waals surface area contributed by atoms with Gasteiger partial charge in [0, 0.05) is 43.8 Å². The van der Waals surface area contributed by atoms with Gasteiger partial charge in [-0.05, 0) is 24.5 Å². The number of anilines is 2. The first-order valence-corrected chi connectivity index (χ1v) is 8.36. The van der Waals surface area contributed by atoms with Gasteiger partial charge in [-0.1, -0.05) is 29.8 Å². The van der Waals surface area contributed by atoms with E-state index in [9.17, 15) is 0 Å². The lowest BCUT2D eigenvalue weighted by atomic mass is 10.2. The molecule has 1 unspecified atom stereocenters. The summed E-state index contributed by atoms with van der Waals surface area (Å²) < 4.78 is 0. The van der Waals surface area contributed by atoms with Gasteiger partial charge in [-0.3, -0.25) is 0 Å². The van der Waals surface area contributed by atoms with E-state index in [2.05, 4.69) is 31.6 Å². The molecule has 0 spiro atoms. The highest BCUT2D eigenvalue weighted by molar-refractivity contribution is 6.31. The standard InChI is InChI=1S/C17H22ClN5/c1-19-16-9-17(22-12-21-16)23-8-4-6-14(23)11-20-10-13-5-2-3-7-15(13)18/h2-3,5,7,9,12,14,20H,4,6,8,10-11H2,1H3,(H,19,21,22). The van der Waals surface area contributed by atoms with E-state index in [-0.39, 0.29) is 0 Å². The summed E-state index contributed by atoms with van der Waals surface area (Å²) >= 11 is 6.20. The predicted octanol–water partition coefficient (Wildman–Crippen LogP) is 2.93. The molecule has 1 aromatic carbocycles. The quantitative estimate of drug-likeness (QED) is 0.852. The minimum Gasteiger partial charge on any atom is -0.373 e. The summed E-state index contributed by atoms with van der Waals surface area (Å²) in [7, 11) is 1.87. The Morgan fingerprint density at radius 1 is 1.30 bits per heavy atom. The van der Waals surface area contributed by atoms with Crippen LogP contribution in [0.3, 0.4) is 0 Å². The Morgan fingerprint density at radius 3 is 3.00 bits per heavy atom. The Morgan fingerprint density at radius 2 is 2.17 bits per heavy atom. The first kappa shape index (κ1) is 16.0. The number of nitrogens with one attached hydrogen (secondary N) is 2. The van der Waals surface area contributed by atoms with Crippen molar-refractivity contribution in [3.8, 4) is 0 Å². The Bertz CT molecular complexity index is 648. The lowest BCUT2D eigenvalue weighted by Crippen LogP contribution is -2.38. The molecular weight excluding hydrogens is 310 g/mol. The van der Waals surface area contributed by atoms with Crippen LogP contribution < -0.4 is 15.5 Å². The number of benzene rings is 1. The maximum Gasteiger partial charge on any atom is 0.134 e. The van der Waals surface area contributed by atoms with Crippen molar-refractivity contribution in [2.24, 2.45) is 0 Å². The second-order valence-corrected chi connectivity index (χ2v) is 6.13. The lowest BCUT2D eigenvalue weighted by molar-refractivity contribution is 0.571. The minimum absolute atomic E-state index is 0.456. The molecule has 1 aromatic heterocycles. The van der Waals surface area contributed by atoms with Gasteiger partial charge in [0.2, 0.25) is 0 Å². The second kappa shape index (κ2) is 7.62. The molecule has 5 nitrogen and oxygen atoms in total. The number of hydrogen-bond acceptors (Lipinski definition) is 5. The molecule has 1 saturated heterocycles. The molecule has 6 heteroatoms. The van der Waals surface area contributed by atoms with Crippen LogP contribution in [0.25, 0.3) is 0 Å². The van der Waals surface area contributed by atoms with Crippen LogP contribution >= 0.6 is 11.6 Å². The van der Waals surface area contributed by atoms with E-state index in [0.717, 1.165) is 41.9 Å². The zero-order valence-corrected chi connectivity index (χ0v) is 14.1. The van der Waals surface area contributed by atoms with E-state index in [1.807, 2.05) is 31.3 Å². The van der Waals surface area contributed by atoms with Gasteiger partial charge in [0.1, 0.15) is 18.0 Å². The summed E-state index contributed by atoms with van der Waals surface area (Å²) in [6.45, 7) is 2.75. The van der Waals surface area contributed by atoms with Gasteiger partial charge in [0.05, 0.1) is 0 Å². The van der Waals surface area contributed by atoms with Gasteiger partial charge in [-0.15, -0.1) is 0 Å². The fraction of sp³-hybridized carbons (Fsp3) is 0.412. The number of halogens is 1. The third-order valence-corrected chi connectivity index (χ3v) is 4.60. The molecule has 23 heavy (non-hydrogen) atoms. The van der Waals surface area contributed by atoms with Gasteiger partial charge in [-0.2, -0.15) is 0 Å². The number of nitrogens with zero attached hydrogens (tertiary/aromatic N) is 3. The highest BCUT2D eigenvalue weighted by Gasteiger charge is 2.25. The fourth-order valence-corrected chi connectivity index (χ4v) is 3.21. The first-order chi connectivity index (χ1) is 11.3. The Balaban J connectivity index is 1.60. The number of hydrogen-bond donors (Lipinski definition) is 2. The number of aromatic nitrogens is 2. The highest BCUT2D eigenvalue weighted by atomic mass is 35.5. The van der Waals surface area contributed by atoms with Gasteiger partial charge >= 0.3 is 0 Å². The Labute approximate surface area is 142 Å². The average molecular weight is 332 g/mol. The van der Waals surface area contributed by atoms with Crippen molar-refractivity contribution in [3.63, 3.8) is 0 Å². The monoisotopic (exact) mass is 331 g/mol. The molecule has 0 bridgehead atoms. The van der Waals surface area contributed by atoms with E-state index in [1.54, 1.807) is 6.33 Å². The maximum absolute atomic E-state index is 6.20. The van der Waals surface area contributed by atoms with Crippen molar-refractivity contribution in [1.29, 1.82) is 0 Å². The zero-order chi connectivity index (χ0) is 16.1. The molecule has 0 aliphatic carbocycles. The molecule has 3 rings (SSSR count). The summed E-state index contributed by atoms with van der Waals surface area (Å²) in [5.74, 6) is 1.84. The van der Waals surface area contributed by atoms with Crippen LogP contribution in [-0.4, -0.2) is 36.1 Å². The first-order valence-electron chi connectivity index (χ1n) is 7.98. The van der Waals surface area contributed by atoms with Crippen molar-refractivity contribution in [1.82, 2.24) is 15.3 Å². The highest BCUT2D eigenvalue weighted by Crippen LogP contribution is 2.24. The van der Waals surface area contributed by atoms with Crippen LogP contribution in [0, 0.1) is 0 Å². The van der Waals surface area contributed by atoms with E-state index < -0.39 is 0 Å². The third kappa shape index (κ3) is 3.92. The molecule has 1 aliphatic heterocycles. The van der Waals surface area contributed by atoms with Crippen LogP contribution in [0.1, 0.15) is 18.4 Å². The summed E-state index contributed by atoms with van der Waals surface area (Å²) in [5, 5.41) is 7.41. The number of rotatable bonds is 6. The second-order valence-electron chi connectivity index (χ2n) is 5.72. The van der Waals surface area contributed by atoms with Gasteiger partial charge in [0.25, 0.3) is 0 Å². The SMILES string of the molecule is CNc1cc(N2CCCC2CNCc2ccccc2Cl)ncn1. The normalized spacial score (nSPS) is 17.5. The maximum atomic E-state index is 6.20. The molecule has 1 fully saturated rings. The zero-order valence-electron chi connectivity index (χ0n) is 13.3. The van der Waals surface area contributed by atoms with Crippen LogP contribution in [0.5, 0.6) is 0 Å². The van der Waals surface area contributed by atoms with Gasteiger partial charge in [-0.25, -0.2) is 9.97 Å². The molecule has 2 aromatic rings. The Hall–Kier alpha value is -1.85.